The van der Waals surface area contributed by atoms with E-state index in [9.17, 15) is 23.1 Å². The van der Waals surface area contributed by atoms with Crippen LogP contribution in [0.4, 0.5) is 0 Å². The van der Waals surface area contributed by atoms with Gasteiger partial charge in [-0.05, 0) is 25.1 Å². The van der Waals surface area contributed by atoms with Gasteiger partial charge in [0.1, 0.15) is 12.2 Å². The molecule has 1 aromatic heterocycles. The van der Waals surface area contributed by atoms with E-state index in [1.165, 1.54) is 13.1 Å². The van der Waals surface area contributed by atoms with Crippen molar-refractivity contribution in [2.45, 2.75) is 69.9 Å². The van der Waals surface area contributed by atoms with E-state index in [0.717, 1.165) is 9.98 Å². The van der Waals surface area contributed by atoms with Gasteiger partial charge in [-0.25, -0.2) is 8.98 Å². The first-order valence-electron chi connectivity index (χ1n) is 9.75. The highest BCUT2D eigenvalue weighted by Crippen LogP contribution is 2.47. The smallest absolute Gasteiger partial charge is 0.330 e. The molecule has 13 heteroatoms. The number of rotatable bonds is 4. The van der Waals surface area contributed by atoms with Crippen LogP contribution in [-0.4, -0.2) is 55.8 Å². The van der Waals surface area contributed by atoms with Crippen molar-refractivity contribution in [1.82, 2.24) is 9.55 Å². The fourth-order valence-corrected chi connectivity index (χ4v) is 5.61. The molecule has 4 atom stereocenters. The van der Waals surface area contributed by atoms with E-state index in [1.807, 2.05) is 33.9 Å². The lowest BCUT2D eigenvalue weighted by molar-refractivity contribution is -0.0566. The van der Waals surface area contributed by atoms with E-state index in [4.69, 9.17) is 19.1 Å². The minimum atomic E-state index is -4.18. The van der Waals surface area contributed by atoms with Crippen molar-refractivity contribution in [3.05, 3.63) is 43.7 Å². The van der Waals surface area contributed by atoms with Crippen LogP contribution < -0.4 is 17.0 Å². The molecule has 0 radical (unpaired) electrons. The van der Waals surface area contributed by atoms with E-state index < -0.39 is 53.7 Å². The van der Waals surface area contributed by atoms with Crippen LogP contribution in [0, 0.1) is 6.92 Å². The Kier molecular flexibility index (Phi) is 5.69. The van der Waals surface area contributed by atoms with Gasteiger partial charge in [-0.3, -0.25) is 14.3 Å². The van der Waals surface area contributed by atoms with Crippen molar-refractivity contribution in [2.24, 2.45) is 5.73 Å². The summed E-state index contributed by atoms with van der Waals surface area (Å²) in [5.74, 6) is 0. The zero-order valence-corrected chi connectivity index (χ0v) is 20.1. The Morgan fingerprint density at radius 2 is 1.97 bits per heavy atom. The van der Waals surface area contributed by atoms with E-state index in [2.05, 4.69) is 4.98 Å². The molecule has 4 N–H and O–H groups in total. The monoisotopic (exact) mass is 475 g/mol. The minimum absolute atomic E-state index is 0.120. The highest BCUT2D eigenvalue weighted by molar-refractivity contribution is 7.90. The van der Waals surface area contributed by atoms with E-state index >= 15 is 0 Å². The third-order valence-corrected chi connectivity index (χ3v) is 11.8. The van der Waals surface area contributed by atoms with Crippen molar-refractivity contribution >= 4 is 18.4 Å². The summed E-state index contributed by atoms with van der Waals surface area (Å²) in [6.45, 7) is 11.5. The first kappa shape index (κ1) is 23.9. The maximum atomic E-state index is 12.4. The van der Waals surface area contributed by atoms with Gasteiger partial charge in [0, 0.05) is 11.8 Å². The Morgan fingerprint density at radius 3 is 2.48 bits per heavy atom. The molecular weight excluding hydrogens is 446 g/mol. The van der Waals surface area contributed by atoms with E-state index in [1.54, 1.807) is 0 Å². The average molecular weight is 476 g/mol. The van der Waals surface area contributed by atoms with Crippen LogP contribution in [0.5, 0.6) is 0 Å². The second kappa shape index (κ2) is 7.39. The van der Waals surface area contributed by atoms with Crippen LogP contribution in [-0.2, 0) is 23.5 Å². The van der Waals surface area contributed by atoms with Gasteiger partial charge in [-0.2, -0.15) is 8.42 Å². The van der Waals surface area contributed by atoms with Crippen LogP contribution in [0.3, 0.4) is 0 Å². The number of hydrogen-bond donors (Lipinski definition) is 3. The Hall–Kier alpha value is -1.77. The number of nitrogens with two attached hydrogens (primary N) is 1. The molecule has 3 heterocycles. The summed E-state index contributed by atoms with van der Waals surface area (Å²) in [7, 11) is -6.47. The zero-order chi connectivity index (χ0) is 23.6. The number of aromatic amines is 1. The molecule has 2 unspecified atom stereocenters. The van der Waals surface area contributed by atoms with Gasteiger partial charge in [0.2, 0.25) is 0 Å². The molecular formula is C18H29N3O8SSi. The number of aryl methyl sites for hydroxylation is 1. The molecule has 0 amide bonds. The van der Waals surface area contributed by atoms with Crippen molar-refractivity contribution in [3.8, 4) is 0 Å². The molecule has 174 valence electrons. The van der Waals surface area contributed by atoms with E-state index in [-0.39, 0.29) is 22.9 Å². The second-order valence-electron chi connectivity index (χ2n) is 9.45. The molecule has 1 aromatic rings. The third-order valence-electron chi connectivity index (χ3n) is 6.29. The average Bonchev–Trinajstić information content (AvgIpc) is 3.02. The number of nitrogens with one attached hydrogen (secondary N) is 1. The lowest BCUT2D eigenvalue weighted by Gasteiger charge is -2.38. The standard InChI is InChI=1S/C18H29N3O8SSi/c1-10-7-21(16(24)20-14(10)23)15-13(22)18(11(19)9-30(25,26)29-18)12(28-15)8-27-31(5,6)17(2,3)4/h7,9,12-13,15,22H,8,19H2,1-6H3,(H,20,23,24)/t12?,13-,15+,18?/m0/s1. The van der Waals surface area contributed by atoms with Gasteiger partial charge in [0.25, 0.3) is 15.7 Å². The van der Waals surface area contributed by atoms with Gasteiger partial charge in [0.15, 0.2) is 20.1 Å². The lowest BCUT2D eigenvalue weighted by Crippen LogP contribution is -2.55. The molecule has 11 nitrogen and oxygen atoms in total. The number of ether oxygens (including phenoxy) is 1. The SMILES string of the molecule is Cc1cn([C@@H]2OC(CO[Si](C)(C)C(C)(C)C)C3(OS(=O)(=O)C=C3N)[C@H]2O)c(=O)[nH]c1=O. The number of aliphatic hydroxyl groups is 1. The molecule has 0 aromatic carbocycles. The predicted octanol–water partition coefficient (Wildman–Crippen LogP) is 0.0240. The van der Waals surface area contributed by atoms with E-state index in [0.29, 0.717) is 0 Å². The molecule has 1 fully saturated rings. The van der Waals surface area contributed by atoms with Crippen LogP contribution in [0.2, 0.25) is 18.1 Å². The van der Waals surface area contributed by atoms with Crippen molar-refractivity contribution in [1.29, 1.82) is 0 Å². The Bertz CT molecular complexity index is 1130. The Balaban J connectivity index is 2.05. The predicted molar refractivity (Wildman–Crippen MR) is 114 cm³/mol. The van der Waals surface area contributed by atoms with Crippen molar-refractivity contribution < 1.29 is 26.9 Å². The molecule has 1 saturated heterocycles. The number of H-pyrrole nitrogens is 1. The highest BCUT2D eigenvalue weighted by atomic mass is 32.2. The zero-order valence-electron chi connectivity index (χ0n) is 18.3. The highest BCUT2D eigenvalue weighted by Gasteiger charge is 2.65. The maximum Gasteiger partial charge on any atom is 0.330 e. The van der Waals surface area contributed by atoms with Gasteiger partial charge < -0.3 is 20.0 Å². The lowest BCUT2D eigenvalue weighted by atomic mass is 9.89. The Labute approximate surface area is 181 Å². The quantitative estimate of drug-likeness (QED) is 0.402. The van der Waals surface area contributed by atoms with Crippen LogP contribution >= 0.6 is 0 Å². The molecule has 1 spiro atoms. The summed E-state index contributed by atoms with van der Waals surface area (Å²) in [5, 5.41) is 11.7. The molecule has 0 bridgehead atoms. The fourth-order valence-electron chi connectivity index (χ4n) is 3.37. The summed E-state index contributed by atoms with van der Waals surface area (Å²) in [5.41, 5.74) is 2.59. The van der Waals surface area contributed by atoms with Crippen LogP contribution in [0.25, 0.3) is 0 Å². The minimum Gasteiger partial charge on any atom is -0.414 e. The summed E-state index contributed by atoms with van der Waals surface area (Å²) >= 11 is 0. The number of aliphatic hydroxyl groups excluding tert-OH is 1. The topological polar surface area (TPSA) is 163 Å². The third kappa shape index (κ3) is 3.94. The van der Waals surface area contributed by atoms with Crippen LogP contribution in [0.15, 0.2) is 26.9 Å². The number of aromatic nitrogens is 2. The normalized spacial score (nSPS) is 30.7. The molecule has 2 aliphatic heterocycles. The van der Waals surface area contributed by atoms with Gasteiger partial charge in [-0.1, -0.05) is 20.8 Å². The molecule has 31 heavy (non-hydrogen) atoms. The summed E-state index contributed by atoms with van der Waals surface area (Å²) < 4.78 is 42.7. The second-order valence-corrected chi connectivity index (χ2v) is 15.6. The van der Waals surface area contributed by atoms with Crippen molar-refractivity contribution in [2.75, 3.05) is 6.61 Å². The first-order valence-corrected chi connectivity index (χ1v) is 14.1. The first-order chi connectivity index (χ1) is 14.0. The summed E-state index contributed by atoms with van der Waals surface area (Å²) in [6.07, 6.45) is -2.94. The summed E-state index contributed by atoms with van der Waals surface area (Å²) in [4.78, 5) is 26.2. The van der Waals surface area contributed by atoms with Crippen molar-refractivity contribution in [3.63, 3.8) is 0 Å². The van der Waals surface area contributed by atoms with Gasteiger partial charge in [-0.15, -0.1) is 0 Å². The maximum absolute atomic E-state index is 12.4. The van der Waals surface area contributed by atoms with Gasteiger partial charge >= 0.3 is 5.69 Å². The van der Waals surface area contributed by atoms with Crippen LogP contribution in [0.1, 0.15) is 32.6 Å². The molecule has 0 aliphatic carbocycles. The van der Waals surface area contributed by atoms with Gasteiger partial charge in [0.05, 0.1) is 17.7 Å². The fraction of sp³-hybridized carbons (Fsp3) is 0.667. The molecule has 3 rings (SSSR count). The number of hydrogen-bond acceptors (Lipinski definition) is 9. The number of nitrogens with zero attached hydrogens (tertiary/aromatic N) is 1. The summed E-state index contributed by atoms with van der Waals surface area (Å²) in [6, 6.07) is 0. The largest absolute Gasteiger partial charge is 0.414 e. The molecule has 0 saturated carbocycles. The molecule has 2 aliphatic rings. The Morgan fingerprint density at radius 1 is 1.35 bits per heavy atom.